The van der Waals surface area contributed by atoms with Crippen LogP contribution in [0.2, 0.25) is 0 Å². The standard InChI is InChI=1S/C5H7NO3.C2H6N2O/c1-6-4(7)2-3-5(8)9;1-4-2(3)5/h2-3H,1H3,(H,6,7)(H,8,9);1H3,(H3,3,4,5)/b3-2+;. The van der Waals surface area contributed by atoms with Crippen molar-refractivity contribution >= 4 is 17.9 Å². The predicted octanol–water partition coefficient (Wildman–Crippen LogP) is -1.34. The fourth-order valence-electron chi connectivity index (χ4n) is 0.230. The van der Waals surface area contributed by atoms with Crippen LogP contribution < -0.4 is 16.4 Å². The molecule has 0 saturated carbocycles. The van der Waals surface area contributed by atoms with Gasteiger partial charge in [0.2, 0.25) is 5.91 Å². The number of urea groups is 1. The van der Waals surface area contributed by atoms with Crippen LogP contribution >= 0.6 is 0 Å². The van der Waals surface area contributed by atoms with Gasteiger partial charge in [-0.3, -0.25) is 4.79 Å². The Bertz CT molecular complexity index is 237. The van der Waals surface area contributed by atoms with Gasteiger partial charge < -0.3 is 21.5 Å². The maximum absolute atomic E-state index is 10.3. The highest BCUT2D eigenvalue weighted by Gasteiger charge is 1.89. The summed E-state index contributed by atoms with van der Waals surface area (Å²) in [6, 6.07) is -0.495. The SMILES string of the molecule is CNC(=O)/C=C/C(=O)O.CNC(N)=O. The van der Waals surface area contributed by atoms with Crippen LogP contribution in [0.3, 0.4) is 0 Å². The maximum Gasteiger partial charge on any atom is 0.328 e. The minimum Gasteiger partial charge on any atom is -0.478 e. The molecular formula is C7H13N3O4. The number of rotatable bonds is 2. The number of carbonyl (C=O) groups excluding carboxylic acids is 2. The lowest BCUT2D eigenvalue weighted by molar-refractivity contribution is -0.131. The summed E-state index contributed by atoms with van der Waals surface area (Å²) >= 11 is 0. The van der Waals surface area contributed by atoms with Crippen LogP contribution in [-0.4, -0.2) is 37.1 Å². The summed E-state index contributed by atoms with van der Waals surface area (Å²) in [4.78, 5) is 29.5. The Morgan fingerprint density at radius 2 is 1.57 bits per heavy atom. The van der Waals surface area contributed by atoms with Crippen molar-refractivity contribution in [2.45, 2.75) is 0 Å². The molecule has 14 heavy (non-hydrogen) atoms. The van der Waals surface area contributed by atoms with Crippen LogP contribution in [0.4, 0.5) is 4.79 Å². The van der Waals surface area contributed by atoms with Crippen LogP contribution in [-0.2, 0) is 9.59 Å². The van der Waals surface area contributed by atoms with Gasteiger partial charge in [0.15, 0.2) is 0 Å². The Balaban J connectivity index is 0. The Hall–Kier alpha value is -2.05. The van der Waals surface area contributed by atoms with Crippen molar-refractivity contribution in [2.24, 2.45) is 5.73 Å². The number of likely N-dealkylation sites (N-methyl/N-ethyl adjacent to an activating group) is 1. The number of amides is 3. The van der Waals surface area contributed by atoms with Crippen molar-refractivity contribution in [2.75, 3.05) is 14.1 Å². The smallest absolute Gasteiger partial charge is 0.328 e. The van der Waals surface area contributed by atoms with Crippen molar-refractivity contribution in [1.82, 2.24) is 10.6 Å². The molecule has 0 aromatic heterocycles. The van der Waals surface area contributed by atoms with Gasteiger partial charge in [-0.25, -0.2) is 9.59 Å². The van der Waals surface area contributed by atoms with Crippen LogP contribution in [0.15, 0.2) is 12.2 Å². The average molecular weight is 203 g/mol. The average Bonchev–Trinajstić information content (AvgIpc) is 2.14. The lowest BCUT2D eigenvalue weighted by atomic mass is 10.5. The fourth-order valence-corrected chi connectivity index (χ4v) is 0.230. The summed E-state index contributed by atoms with van der Waals surface area (Å²) in [5.74, 6) is -1.55. The molecule has 0 atom stereocenters. The molecule has 0 aliphatic heterocycles. The zero-order valence-corrected chi connectivity index (χ0v) is 7.90. The highest BCUT2D eigenvalue weighted by Crippen LogP contribution is 1.71. The molecule has 0 unspecified atom stereocenters. The Morgan fingerprint density at radius 1 is 1.14 bits per heavy atom. The molecule has 0 fully saturated rings. The van der Waals surface area contributed by atoms with Gasteiger partial charge >= 0.3 is 12.0 Å². The van der Waals surface area contributed by atoms with Gasteiger partial charge in [0, 0.05) is 26.2 Å². The summed E-state index contributed by atoms with van der Waals surface area (Å²) in [6.45, 7) is 0. The zero-order chi connectivity index (χ0) is 11.6. The van der Waals surface area contributed by atoms with E-state index in [1.807, 2.05) is 0 Å². The van der Waals surface area contributed by atoms with Gasteiger partial charge in [0.25, 0.3) is 0 Å². The first-order chi connectivity index (χ1) is 6.43. The minimum atomic E-state index is -1.13. The van der Waals surface area contributed by atoms with E-state index in [1.165, 1.54) is 14.1 Å². The third kappa shape index (κ3) is 16.5. The van der Waals surface area contributed by atoms with E-state index in [9.17, 15) is 14.4 Å². The van der Waals surface area contributed by atoms with Crippen LogP contribution in [0.5, 0.6) is 0 Å². The van der Waals surface area contributed by atoms with Crippen LogP contribution in [0.1, 0.15) is 0 Å². The second-order valence-electron chi connectivity index (χ2n) is 1.90. The lowest BCUT2D eigenvalue weighted by Crippen LogP contribution is -2.24. The lowest BCUT2D eigenvalue weighted by Gasteiger charge is -1.85. The Labute approximate surface area is 81.0 Å². The first-order valence-electron chi connectivity index (χ1n) is 3.54. The summed E-state index contributed by atoms with van der Waals surface area (Å²) in [5.41, 5.74) is 4.54. The van der Waals surface area contributed by atoms with Crippen molar-refractivity contribution in [3.8, 4) is 0 Å². The normalized spacial score (nSPS) is 8.43. The molecule has 0 spiro atoms. The Kier molecular flexibility index (Phi) is 9.35. The summed E-state index contributed by atoms with van der Waals surface area (Å²) in [7, 11) is 2.90. The fraction of sp³-hybridized carbons (Fsp3) is 0.286. The van der Waals surface area contributed by atoms with E-state index in [0.29, 0.717) is 0 Å². The van der Waals surface area contributed by atoms with Gasteiger partial charge in [0.1, 0.15) is 0 Å². The maximum atomic E-state index is 10.3. The molecule has 7 heteroatoms. The van der Waals surface area contributed by atoms with E-state index < -0.39 is 17.9 Å². The molecule has 3 amide bonds. The number of carboxylic acid groups (broad SMARTS) is 1. The quantitative estimate of drug-likeness (QED) is 0.415. The second-order valence-corrected chi connectivity index (χ2v) is 1.90. The molecule has 80 valence electrons. The van der Waals surface area contributed by atoms with Gasteiger partial charge in [-0.1, -0.05) is 0 Å². The highest BCUT2D eigenvalue weighted by atomic mass is 16.4. The molecule has 0 bridgehead atoms. The molecule has 7 nitrogen and oxygen atoms in total. The summed E-state index contributed by atoms with van der Waals surface area (Å²) in [6.07, 6.45) is 1.72. The highest BCUT2D eigenvalue weighted by molar-refractivity contribution is 5.93. The van der Waals surface area contributed by atoms with Crippen LogP contribution in [0.25, 0.3) is 0 Å². The van der Waals surface area contributed by atoms with Gasteiger partial charge in [-0.15, -0.1) is 0 Å². The van der Waals surface area contributed by atoms with E-state index in [4.69, 9.17) is 5.11 Å². The summed E-state index contributed by atoms with van der Waals surface area (Å²) in [5, 5.41) is 12.4. The number of aliphatic carboxylic acids is 1. The molecule has 0 aromatic rings. The number of hydrogen-bond donors (Lipinski definition) is 4. The third-order valence-electron chi connectivity index (χ3n) is 0.870. The van der Waals surface area contributed by atoms with Crippen LogP contribution in [0, 0.1) is 0 Å². The van der Waals surface area contributed by atoms with Crippen molar-refractivity contribution in [3.05, 3.63) is 12.2 Å². The number of hydrogen-bond acceptors (Lipinski definition) is 3. The monoisotopic (exact) mass is 203 g/mol. The van der Waals surface area contributed by atoms with E-state index in [2.05, 4.69) is 16.4 Å². The minimum absolute atomic E-state index is 0.419. The second kappa shape index (κ2) is 9.04. The third-order valence-corrected chi connectivity index (χ3v) is 0.870. The number of nitrogens with one attached hydrogen (secondary N) is 2. The van der Waals surface area contributed by atoms with Crippen molar-refractivity contribution in [3.63, 3.8) is 0 Å². The van der Waals surface area contributed by atoms with Gasteiger partial charge in [0.05, 0.1) is 0 Å². The first-order valence-corrected chi connectivity index (χ1v) is 3.54. The Morgan fingerprint density at radius 3 is 1.79 bits per heavy atom. The number of primary amides is 1. The largest absolute Gasteiger partial charge is 0.478 e. The molecule has 0 aliphatic carbocycles. The van der Waals surface area contributed by atoms with Gasteiger partial charge in [-0.05, 0) is 0 Å². The molecule has 0 saturated heterocycles. The molecule has 0 aliphatic rings. The molecule has 0 radical (unpaired) electrons. The van der Waals surface area contributed by atoms with E-state index in [-0.39, 0.29) is 0 Å². The van der Waals surface area contributed by atoms with Gasteiger partial charge in [-0.2, -0.15) is 0 Å². The molecule has 0 aromatic carbocycles. The number of carboxylic acids is 1. The van der Waals surface area contributed by atoms with E-state index >= 15 is 0 Å². The van der Waals surface area contributed by atoms with E-state index in [1.54, 1.807) is 0 Å². The first kappa shape index (κ1) is 14.5. The molecular weight excluding hydrogens is 190 g/mol. The molecule has 0 rings (SSSR count). The molecule has 5 N–H and O–H groups in total. The summed E-state index contributed by atoms with van der Waals surface area (Å²) < 4.78 is 0. The zero-order valence-electron chi connectivity index (χ0n) is 7.90. The number of nitrogens with two attached hydrogens (primary N) is 1. The van der Waals surface area contributed by atoms with Crippen molar-refractivity contribution < 1.29 is 19.5 Å². The van der Waals surface area contributed by atoms with E-state index in [0.717, 1.165) is 12.2 Å². The number of carbonyl (C=O) groups is 3. The topological polar surface area (TPSA) is 122 Å². The molecule has 0 heterocycles. The van der Waals surface area contributed by atoms with Crippen molar-refractivity contribution in [1.29, 1.82) is 0 Å². The predicted molar refractivity (Wildman–Crippen MR) is 49.5 cm³/mol.